The van der Waals surface area contributed by atoms with Crippen LogP contribution in [0.1, 0.15) is 71.7 Å². The fourth-order valence-corrected chi connectivity index (χ4v) is 4.01. The molecule has 0 radical (unpaired) electrons. The van der Waals surface area contributed by atoms with Gasteiger partial charge in [-0.2, -0.15) is 0 Å². The molecule has 2 heterocycles. The molecule has 1 amide bonds. The van der Waals surface area contributed by atoms with Crippen LogP contribution in [-0.2, 0) is 7.05 Å². The van der Waals surface area contributed by atoms with Crippen molar-refractivity contribution in [1.29, 1.82) is 0 Å². The highest BCUT2D eigenvalue weighted by Crippen LogP contribution is 2.29. The van der Waals surface area contributed by atoms with Crippen LogP contribution < -0.4 is 5.32 Å². The minimum atomic E-state index is -0.218. The van der Waals surface area contributed by atoms with E-state index in [1.165, 1.54) is 0 Å². The third-order valence-corrected chi connectivity index (χ3v) is 5.85. The molecule has 3 rings (SSSR count). The molecule has 0 spiro atoms. The highest BCUT2D eigenvalue weighted by atomic mass is 79.9. The predicted octanol–water partition coefficient (Wildman–Crippen LogP) is 5.68. The Morgan fingerprint density at radius 2 is 1.81 bits per heavy atom. The van der Waals surface area contributed by atoms with Gasteiger partial charge < -0.3 is 14.4 Å². The van der Waals surface area contributed by atoms with Crippen molar-refractivity contribution in [1.82, 2.24) is 15.0 Å². The number of aromatic nitrogens is 2. The van der Waals surface area contributed by atoms with E-state index < -0.39 is 0 Å². The van der Waals surface area contributed by atoms with Gasteiger partial charge in [0.1, 0.15) is 17.1 Å². The van der Waals surface area contributed by atoms with Crippen LogP contribution in [0.15, 0.2) is 45.5 Å². The number of halogens is 1. The summed E-state index contributed by atoms with van der Waals surface area (Å²) >= 11 is 3.42. The molecule has 3 aromatic rings. The van der Waals surface area contributed by atoms with Crippen LogP contribution in [0, 0.1) is 6.92 Å². The second-order valence-corrected chi connectivity index (χ2v) is 8.69. The smallest absolute Gasteiger partial charge is 0.268 e. The summed E-state index contributed by atoms with van der Waals surface area (Å²) in [6, 6.07) is 9.32. The largest absolute Gasteiger partial charge is 0.360 e. The summed E-state index contributed by atoms with van der Waals surface area (Å²) in [6.45, 7) is 5.94. The fourth-order valence-electron chi connectivity index (χ4n) is 3.75. The molecule has 31 heavy (non-hydrogen) atoms. The van der Waals surface area contributed by atoms with Gasteiger partial charge in [0.2, 0.25) is 0 Å². The number of ketones is 1. The summed E-state index contributed by atoms with van der Waals surface area (Å²) in [5, 5.41) is 7.22. The van der Waals surface area contributed by atoms with Crippen LogP contribution in [0.2, 0.25) is 0 Å². The van der Waals surface area contributed by atoms with Crippen molar-refractivity contribution < 1.29 is 14.1 Å². The van der Waals surface area contributed by atoms with Gasteiger partial charge in [-0.1, -0.05) is 59.9 Å². The second-order valence-electron chi connectivity index (χ2n) is 7.77. The Labute approximate surface area is 191 Å². The normalized spacial score (nSPS) is 11.2. The predicted molar refractivity (Wildman–Crippen MR) is 124 cm³/mol. The molecule has 1 N–H and O–H groups in total. The van der Waals surface area contributed by atoms with E-state index in [0.29, 0.717) is 28.3 Å². The van der Waals surface area contributed by atoms with Gasteiger partial charge in [0.25, 0.3) is 5.91 Å². The molecule has 0 atom stereocenters. The Hall–Kier alpha value is -2.67. The molecule has 0 unspecified atom stereocenters. The summed E-state index contributed by atoms with van der Waals surface area (Å²) in [6.07, 6.45) is 5.57. The minimum absolute atomic E-state index is 0.140. The maximum absolute atomic E-state index is 13.4. The molecule has 1 aromatic carbocycles. The average molecular weight is 486 g/mol. The first-order valence-corrected chi connectivity index (χ1v) is 11.4. The number of carbonyl (C=O) groups excluding carboxylic acids is 2. The number of hydrogen-bond acceptors (Lipinski definition) is 4. The topological polar surface area (TPSA) is 77.1 Å². The Kier molecular flexibility index (Phi) is 7.49. The molecule has 2 aromatic heterocycles. The van der Waals surface area contributed by atoms with Gasteiger partial charge in [-0.3, -0.25) is 9.59 Å². The van der Waals surface area contributed by atoms with Gasteiger partial charge >= 0.3 is 0 Å². The lowest BCUT2D eigenvalue weighted by atomic mass is 9.99. The Morgan fingerprint density at radius 3 is 2.42 bits per heavy atom. The van der Waals surface area contributed by atoms with E-state index in [-0.39, 0.29) is 17.7 Å². The second kappa shape index (κ2) is 10.1. The fraction of sp³-hybridized carbons (Fsp3) is 0.375. The van der Waals surface area contributed by atoms with Gasteiger partial charge in [-0.15, -0.1) is 0 Å². The molecular weight excluding hydrogens is 458 g/mol. The number of aryl methyl sites for hydroxylation is 2. The number of nitrogens with zero attached hydrogens (tertiary/aromatic N) is 2. The molecule has 0 aliphatic rings. The zero-order chi connectivity index (χ0) is 22.5. The SMILES string of the molecule is CCCC(CCC)NC(=O)c1cc(C(=O)c2c(-c3ccc(Br)cc3)noc2C)cn1C. The number of hydrogen-bond donors (Lipinski definition) is 1. The van der Waals surface area contributed by atoms with E-state index in [1.807, 2.05) is 24.3 Å². The van der Waals surface area contributed by atoms with E-state index in [1.54, 1.807) is 30.8 Å². The van der Waals surface area contributed by atoms with Crippen molar-refractivity contribution in [2.45, 2.75) is 52.5 Å². The first kappa shape index (κ1) is 23.0. The Balaban J connectivity index is 1.88. The molecule has 0 saturated heterocycles. The molecule has 0 saturated carbocycles. The van der Waals surface area contributed by atoms with Crippen molar-refractivity contribution in [2.75, 3.05) is 0 Å². The molecule has 164 valence electrons. The van der Waals surface area contributed by atoms with Crippen LogP contribution in [0.4, 0.5) is 0 Å². The summed E-state index contributed by atoms with van der Waals surface area (Å²) < 4.78 is 7.98. The van der Waals surface area contributed by atoms with Gasteiger partial charge in [0, 0.05) is 34.9 Å². The maximum Gasteiger partial charge on any atom is 0.268 e. The van der Waals surface area contributed by atoms with Crippen LogP contribution in [0.3, 0.4) is 0 Å². The zero-order valence-electron chi connectivity index (χ0n) is 18.4. The monoisotopic (exact) mass is 485 g/mol. The number of rotatable bonds is 9. The van der Waals surface area contributed by atoms with Crippen LogP contribution in [0.5, 0.6) is 0 Å². The number of amides is 1. The highest BCUT2D eigenvalue weighted by molar-refractivity contribution is 9.10. The van der Waals surface area contributed by atoms with E-state index in [2.05, 4.69) is 40.3 Å². The highest BCUT2D eigenvalue weighted by Gasteiger charge is 2.25. The number of benzene rings is 1. The van der Waals surface area contributed by atoms with Crippen LogP contribution in [0.25, 0.3) is 11.3 Å². The van der Waals surface area contributed by atoms with Crippen molar-refractivity contribution in [3.63, 3.8) is 0 Å². The van der Waals surface area contributed by atoms with Crippen molar-refractivity contribution in [3.05, 3.63) is 63.6 Å². The number of carbonyl (C=O) groups is 2. The lowest BCUT2D eigenvalue weighted by Gasteiger charge is -2.17. The summed E-state index contributed by atoms with van der Waals surface area (Å²) in [7, 11) is 1.77. The number of nitrogens with one attached hydrogen (secondary N) is 1. The molecule has 7 heteroatoms. The first-order chi connectivity index (χ1) is 14.8. The van der Waals surface area contributed by atoms with E-state index in [0.717, 1.165) is 35.7 Å². The molecule has 0 aliphatic heterocycles. The van der Waals surface area contributed by atoms with Crippen LogP contribution >= 0.6 is 15.9 Å². The summed E-state index contributed by atoms with van der Waals surface area (Å²) in [5.74, 6) is 0.0670. The molecule has 0 aliphatic carbocycles. The van der Waals surface area contributed by atoms with Gasteiger partial charge in [-0.25, -0.2) is 0 Å². The zero-order valence-corrected chi connectivity index (χ0v) is 20.0. The van der Waals surface area contributed by atoms with Crippen LogP contribution in [-0.4, -0.2) is 27.5 Å². The average Bonchev–Trinajstić information content (AvgIpc) is 3.31. The third-order valence-electron chi connectivity index (χ3n) is 5.32. The molecule has 0 fully saturated rings. The van der Waals surface area contributed by atoms with Gasteiger partial charge in [-0.05, 0) is 38.0 Å². The lowest BCUT2D eigenvalue weighted by Crippen LogP contribution is -2.35. The van der Waals surface area contributed by atoms with Crippen molar-refractivity contribution in [3.8, 4) is 11.3 Å². The van der Waals surface area contributed by atoms with Gasteiger partial charge in [0.05, 0.1) is 5.56 Å². The van der Waals surface area contributed by atoms with Gasteiger partial charge in [0.15, 0.2) is 5.78 Å². The third kappa shape index (κ3) is 5.15. The first-order valence-electron chi connectivity index (χ1n) is 10.6. The summed E-state index contributed by atoms with van der Waals surface area (Å²) in [5.41, 5.74) is 2.59. The standard InChI is InChI=1S/C24H28BrN3O3/c1-5-7-19(8-6-2)26-24(30)20-13-17(14-28(20)4)23(29)21-15(3)31-27-22(21)16-9-11-18(25)12-10-16/h9-14,19H,5-8H2,1-4H3,(H,26,30). The van der Waals surface area contributed by atoms with E-state index in [4.69, 9.17) is 4.52 Å². The quantitative estimate of drug-likeness (QED) is 0.395. The molecule has 0 bridgehead atoms. The summed E-state index contributed by atoms with van der Waals surface area (Å²) in [4.78, 5) is 26.2. The van der Waals surface area contributed by atoms with Crippen molar-refractivity contribution >= 4 is 27.6 Å². The van der Waals surface area contributed by atoms with E-state index in [9.17, 15) is 9.59 Å². The molecule has 6 nitrogen and oxygen atoms in total. The van der Waals surface area contributed by atoms with E-state index >= 15 is 0 Å². The lowest BCUT2D eigenvalue weighted by molar-refractivity contribution is 0.0924. The Bertz CT molecular complexity index is 1060. The van der Waals surface area contributed by atoms with Crippen molar-refractivity contribution in [2.24, 2.45) is 7.05 Å². The minimum Gasteiger partial charge on any atom is -0.360 e. The molecular formula is C24H28BrN3O3. The Morgan fingerprint density at radius 1 is 1.16 bits per heavy atom. The maximum atomic E-state index is 13.4.